The summed E-state index contributed by atoms with van der Waals surface area (Å²) in [6.07, 6.45) is 3.88. The van der Waals surface area contributed by atoms with Gasteiger partial charge in [-0.3, -0.25) is 9.67 Å². The molecule has 0 radical (unpaired) electrons. The maximum Gasteiger partial charge on any atom is 0.141 e. The first-order valence-electron chi connectivity index (χ1n) is 6.46. The summed E-state index contributed by atoms with van der Waals surface area (Å²) < 4.78 is 14.9. The van der Waals surface area contributed by atoms with E-state index < -0.39 is 0 Å². The van der Waals surface area contributed by atoms with E-state index in [0.717, 1.165) is 30.8 Å². The highest BCUT2D eigenvalue weighted by Crippen LogP contribution is 2.03. The van der Waals surface area contributed by atoms with E-state index in [1.54, 1.807) is 6.20 Å². The van der Waals surface area contributed by atoms with Gasteiger partial charge in [-0.2, -0.15) is 5.10 Å². The second-order valence-electron chi connectivity index (χ2n) is 4.69. The Morgan fingerprint density at radius 2 is 2.11 bits per heavy atom. The molecular weight excluding hydrogens is 243 g/mol. The van der Waals surface area contributed by atoms with Crippen LogP contribution in [0.2, 0.25) is 0 Å². The van der Waals surface area contributed by atoms with Crippen LogP contribution < -0.4 is 5.32 Å². The van der Waals surface area contributed by atoms with Crippen LogP contribution in [0.1, 0.15) is 23.4 Å². The van der Waals surface area contributed by atoms with Crippen LogP contribution in [0, 0.1) is 19.7 Å². The maximum absolute atomic E-state index is 12.9. The number of hydrogen-bond acceptors (Lipinski definition) is 3. The molecule has 19 heavy (non-hydrogen) atoms. The van der Waals surface area contributed by atoms with E-state index in [1.807, 2.05) is 11.6 Å². The van der Waals surface area contributed by atoms with E-state index >= 15 is 0 Å². The van der Waals surface area contributed by atoms with Gasteiger partial charge in [-0.05, 0) is 44.5 Å². The van der Waals surface area contributed by atoms with E-state index in [2.05, 4.69) is 28.4 Å². The number of halogens is 1. The Morgan fingerprint density at radius 1 is 1.26 bits per heavy atom. The van der Waals surface area contributed by atoms with Crippen molar-refractivity contribution >= 4 is 0 Å². The molecule has 2 aromatic heterocycles. The van der Waals surface area contributed by atoms with Crippen LogP contribution >= 0.6 is 0 Å². The third kappa shape index (κ3) is 4.13. The highest BCUT2D eigenvalue weighted by molar-refractivity contribution is 5.09. The van der Waals surface area contributed by atoms with Crippen LogP contribution in [-0.4, -0.2) is 21.3 Å². The molecule has 0 saturated heterocycles. The smallest absolute Gasteiger partial charge is 0.141 e. The Kier molecular flexibility index (Phi) is 4.63. The van der Waals surface area contributed by atoms with Crippen molar-refractivity contribution in [1.82, 2.24) is 20.1 Å². The van der Waals surface area contributed by atoms with Gasteiger partial charge in [0.1, 0.15) is 5.82 Å². The molecule has 0 aliphatic rings. The van der Waals surface area contributed by atoms with Crippen LogP contribution in [0.25, 0.3) is 0 Å². The van der Waals surface area contributed by atoms with Crippen molar-refractivity contribution in [2.45, 2.75) is 33.4 Å². The first-order valence-corrected chi connectivity index (χ1v) is 6.46. The Bertz CT molecular complexity index is 536. The molecule has 102 valence electrons. The van der Waals surface area contributed by atoms with Crippen molar-refractivity contribution in [2.24, 2.45) is 0 Å². The molecular formula is C14H19FN4. The monoisotopic (exact) mass is 262 g/mol. The summed E-state index contributed by atoms with van der Waals surface area (Å²) in [5.74, 6) is -0.290. The summed E-state index contributed by atoms with van der Waals surface area (Å²) in [5, 5.41) is 7.68. The molecule has 2 aromatic rings. The molecule has 0 spiro atoms. The minimum atomic E-state index is -0.290. The van der Waals surface area contributed by atoms with Gasteiger partial charge in [0.2, 0.25) is 0 Å². The number of pyridine rings is 1. The zero-order valence-electron chi connectivity index (χ0n) is 11.4. The molecule has 0 bridgehead atoms. The molecule has 0 aliphatic carbocycles. The third-order valence-electron chi connectivity index (χ3n) is 2.92. The second-order valence-corrected chi connectivity index (χ2v) is 4.69. The molecule has 0 amide bonds. The summed E-state index contributed by atoms with van der Waals surface area (Å²) in [4.78, 5) is 3.82. The topological polar surface area (TPSA) is 42.7 Å². The van der Waals surface area contributed by atoms with Crippen molar-refractivity contribution in [3.8, 4) is 0 Å². The van der Waals surface area contributed by atoms with Crippen molar-refractivity contribution in [1.29, 1.82) is 0 Å². The molecule has 2 heterocycles. The summed E-state index contributed by atoms with van der Waals surface area (Å²) in [5.41, 5.74) is 3.11. The molecule has 4 nitrogen and oxygen atoms in total. The molecule has 0 aliphatic heterocycles. The average Bonchev–Trinajstić information content (AvgIpc) is 2.68. The van der Waals surface area contributed by atoms with Gasteiger partial charge >= 0.3 is 0 Å². The summed E-state index contributed by atoms with van der Waals surface area (Å²) in [6, 6.07) is 3.58. The maximum atomic E-state index is 12.9. The van der Waals surface area contributed by atoms with E-state index in [9.17, 15) is 4.39 Å². The molecule has 0 aromatic carbocycles. The fourth-order valence-corrected chi connectivity index (χ4v) is 2.04. The van der Waals surface area contributed by atoms with Crippen LogP contribution in [0.3, 0.4) is 0 Å². The number of aromatic nitrogens is 3. The molecule has 0 saturated carbocycles. The lowest BCUT2D eigenvalue weighted by atomic mass is 10.3. The van der Waals surface area contributed by atoms with Gasteiger partial charge in [0.25, 0.3) is 0 Å². The molecule has 0 atom stereocenters. The van der Waals surface area contributed by atoms with E-state index in [0.29, 0.717) is 6.54 Å². The van der Waals surface area contributed by atoms with Gasteiger partial charge in [-0.15, -0.1) is 0 Å². The number of rotatable bonds is 6. The predicted octanol–water partition coefficient (Wildman–Crippen LogP) is 2.21. The largest absolute Gasteiger partial charge is 0.313 e. The fraction of sp³-hybridized carbons (Fsp3) is 0.429. The first-order chi connectivity index (χ1) is 9.15. The Hall–Kier alpha value is -1.75. The molecule has 5 heteroatoms. The molecule has 1 N–H and O–H groups in total. The van der Waals surface area contributed by atoms with E-state index in [1.165, 1.54) is 18.0 Å². The van der Waals surface area contributed by atoms with Crippen molar-refractivity contribution in [3.63, 3.8) is 0 Å². The van der Waals surface area contributed by atoms with Gasteiger partial charge in [0, 0.05) is 25.0 Å². The molecule has 0 unspecified atom stereocenters. The lowest BCUT2D eigenvalue weighted by molar-refractivity contribution is 0.531. The van der Waals surface area contributed by atoms with Gasteiger partial charge in [0.15, 0.2) is 0 Å². The zero-order valence-corrected chi connectivity index (χ0v) is 11.4. The Balaban J connectivity index is 1.69. The first kappa shape index (κ1) is 13.7. The van der Waals surface area contributed by atoms with Crippen molar-refractivity contribution in [3.05, 3.63) is 47.3 Å². The normalized spacial score (nSPS) is 10.9. The predicted molar refractivity (Wildman–Crippen MR) is 72.2 cm³/mol. The lowest BCUT2D eigenvalue weighted by Gasteiger charge is -2.06. The van der Waals surface area contributed by atoms with Crippen LogP contribution in [0.5, 0.6) is 0 Å². The van der Waals surface area contributed by atoms with Crippen LogP contribution in [0.4, 0.5) is 4.39 Å². The van der Waals surface area contributed by atoms with Gasteiger partial charge < -0.3 is 5.32 Å². The number of nitrogens with zero attached hydrogens (tertiary/aromatic N) is 3. The van der Waals surface area contributed by atoms with E-state index in [-0.39, 0.29) is 5.82 Å². The third-order valence-corrected chi connectivity index (χ3v) is 2.92. The minimum Gasteiger partial charge on any atom is -0.313 e. The minimum absolute atomic E-state index is 0.290. The van der Waals surface area contributed by atoms with Crippen LogP contribution in [-0.2, 0) is 13.1 Å². The zero-order chi connectivity index (χ0) is 13.7. The SMILES string of the molecule is Cc1cc(C)n(CCCNCc2cncc(F)c2)n1. The number of aryl methyl sites for hydroxylation is 3. The fourth-order valence-electron chi connectivity index (χ4n) is 2.04. The Labute approximate surface area is 112 Å². The average molecular weight is 262 g/mol. The van der Waals surface area contributed by atoms with Gasteiger partial charge in [0.05, 0.1) is 11.9 Å². The Morgan fingerprint density at radius 3 is 2.79 bits per heavy atom. The summed E-state index contributed by atoms with van der Waals surface area (Å²) in [7, 11) is 0. The molecule has 2 rings (SSSR count). The standard InChI is InChI=1S/C14H19FN4/c1-11-6-12(2)19(18-11)5-3-4-16-8-13-7-14(15)10-17-9-13/h6-7,9-10,16H,3-5,8H2,1-2H3. The highest BCUT2D eigenvalue weighted by Gasteiger charge is 2.00. The highest BCUT2D eigenvalue weighted by atomic mass is 19.1. The quantitative estimate of drug-likeness (QED) is 0.812. The van der Waals surface area contributed by atoms with Crippen LogP contribution in [0.15, 0.2) is 24.5 Å². The molecule has 0 fully saturated rings. The number of hydrogen-bond donors (Lipinski definition) is 1. The van der Waals surface area contributed by atoms with E-state index in [4.69, 9.17) is 0 Å². The van der Waals surface area contributed by atoms with Crippen molar-refractivity contribution in [2.75, 3.05) is 6.54 Å². The summed E-state index contributed by atoms with van der Waals surface area (Å²) in [6.45, 7) is 6.47. The second kappa shape index (κ2) is 6.43. The van der Waals surface area contributed by atoms with Gasteiger partial charge in [-0.1, -0.05) is 0 Å². The van der Waals surface area contributed by atoms with Crippen molar-refractivity contribution < 1.29 is 4.39 Å². The summed E-state index contributed by atoms with van der Waals surface area (Å²) >= 11 is 0. The number of nitrogens with one attached hydrogen (secondary N) is 1. The van der Waals surface area contributed by atoms with Gasteiger partial charge in [-0.25, -0.2) is 4.39 Å². The lowest BCUT2D eigenvalue weighted by Crippen LogP contribution is -2.17.